The van der Waals surface area contributed by atoms with Gasteiger partial charge in [-0.1, -0.05) is 24.3 Å². The highest BCUT2D eigenvalue weighted by molar-refractivity contribution is 5.81. The molecule has 2 aromatic rings. The van der Waals surface area contributed by atoms with E-state index in [1.54, 1.807) is 0 Å². The van der Waals surface area contributed by atoms with E-state index in [2.05, 4.69) is 34.6 Å². The molecule has 0 bridgehead atoms. The topological polar surface area (TPSA) is 34.1 Å². The summed E-state index contributed by atoms with van der Waals surface area (Å²) in [5.74, 6) is 0. The van der Waals surface area contributed by atoms with E-state index in [0.29, 0.717) is 12.1 Å². The Hall–Kier alpha value is -1.45. The number of rotatable bonds is 4. The molecule has 1 aliphatic carbocycles. The van der Waals surface area contributed by atoms with Crippen molar-refractivity contribution < 1.29 is 4.74 Å². The summed E-state index contributed by atoms with van der Waals surface area (Å²) in [6.07, 6.45) is 5.79. The molecule has 3 rings (SSSR count). The van der Waals surface area contributed by atoms with Gasteiger partial charge in [-0.3, -0.25) is 4.98 Å². The maximum absolute atomic E-state index is 5.41. The van der Waals surface area contributed by atoms with Crippen LogP contribution in [0.3, 0.4) is 0 Å². The molecule has 19 heavy (non-hydrogen) atoms. The molecule has 0 radical (unpaired) electrons. The summed E-state index contributed by atoms with van der Waals surface area (Å²) in [4.78, 5) is 4.49. The highest BCUT2D eigenvalue weighted by atomic mass is 16.5. The third-order valence-electron chi connectivity index (χ3n) is 4.02. The van der Waals surface area contributed by atoms with Crippen LogP contribution in [0, 0.1) is 0 Å². The third-order valence-corrected chi connectivity index (χ3v) is 4.02. The van der Waals surface area contributed by atoms with Gasteiger partial charge in [0.25, 0.3) is 0 Å². The van der Waals surface area contributed by atoms with Gasteiger partial charge in [0.2, 0.25) is 0 Å². The molecular weight excluding hydrogens is 236 g/mol. The molecule has 1 N–H and O–H groups in total. The van der Waals surface area contributed by atoms with Gasteiger partial charge < -0.3 is 10.1 Å². The average molecular weight is 256 g/mol. The first-order valence-corrected chi connectivity index (χ1v) is 6.95. The highest BCUT2D eigenvalue weighted by Crippen LogP contribution is 2.22. The third kappa shape index (κ3) is 2.77. The lowest BCUT2D eigenvalue weighted by Gasteiger charge is -2.13. The van der Waals surface area contributed by atoms with Crippen LogP contribution < -0.4 is 5.32 Å². The van der Waals surface area contributed by atoms with Crippen LogP contribution in [-0.4, -0.2) is 24.2 Å². The van der Waals surface area contributed by atoms with Crippen LogP contribution in [0.15, 0.2) is 36.5 Å². The number of methoxy groups -OCH3 is 1. The van der Waals surface area contributed by atoms with E-state index in [4.69, 9.17) is 4.74 Å². The predicted octanol–water partition coefficient (Wildman–Crippen LogP) is 2.89. The number of fused-ring (bicyclic) bond motifs is 1. The quantitative estimate of drug-likeness (QED) is 0.913. The second kappa shape index (κ2) is 5.68. The fourth-order valence-electron chi connectivity index (χ4n) is 2.90. The van der Waals surface area contributed by atoms with Crippen molar-refractivity contribution >= 4 is 10.9 Å². The van der Waals surface area contributed by atoms with E-state index < -0.39 is 0 Å². The number of aromatic nitrogens is 1. The van der Waals surface area contributed by atoms with E-state index in [1.807, 2.05) is 19.4 Å². The molecule has 2 unspecified atom stereocenters. The van der Waals surface area contributed by atoms with Crippen molar-refractivity contribution in [3.8, 4) is 0 Å². The smallest absolute Gasteiger partial charge is 0.0746 e. The Bertz CT molecular complexity index is 550. The minimum atomic E-state index is 0.433. The lowest BCUT2D eigenvalue weighted by Crippen LogP contribution is -2.26. The average Bonchev–Trinajstić information content (AvgIpc) is 2.93. The number of nitrogens with zero attached hydrogens (tertiary/aromatic N) is 1. The largest absolute Gasteiger partial charge is 0.381 e. The van der Waals surface area contributed by atoms with Gasteiger partial charge in [-0.2, -0.15) is 0 Å². The van der Waals surface area contributed by atoms with Gasteiger partial charge in [0.15, 0.2) is 0 Å². The molecule has 3 nitrogen and oxygen atoms in total. The van der Waals surface area contributed by atoms with Crippen LogP contribution in [0.4, 0.5) is 0 Å². The number of nitrogens with one attached hydrogen (secondary N) is 1. The number of benzene rings is 1. The van der Waals surface area contributed by atoms with Crippen molar-refractivity contribution in [2.45, 2.75) is 38.0 Å². The summed E-state index contributed by atoms with van der Waals surface area (Å²) in [6.45, 7) is 0.884. The van der Waals surface area contributed by atoms with Crippen molar-refractivity contribution in [2.24, 2.45) is 0 Å². The summed E-state index contributed by atoms with van der Waals surface area (Å²) >= 11 is 0. The van der Waals surface area contributed by atoms with Gasteiger partial charge in [-0.05, 0) is 30.9 Å². The Morgan fingerprint density at radius 2 is 2.16 bits per heavy atom. The summed E-state index contributed by atoms with van der Waals surface area (Å²) in [7, 11) is 1.81. The first kappa shape index (κ1) is 12.6. The molecular formula is C16H20N2O. The van der Waals surface area contributed by atoms with Crippen molar-refractivity contribution in [1.82, 2.24) is 10.3 Å². The van der Waals surface area contributed by atoms with Crippen molar-refractivity contribution in [2.75, 3.05) is 7.11 Å². The first-order valence-electron chi connectivity index (χ1n) is 6.95. The zero-order valence-corrected chi connectivity index (χ0v) is 11.3. The standard InChI is InChI=1S/C16H20N2O/c1-19-15-8-7-14(10-15)18-11-13-5-2-4-12-6-3-9-17-16(12)13/h2-6,9,14-15,18H,7-8,10-11H2,1H3. The SMILES string of the molecule is COC1CCC(NCc2cccc3cccnc23)C1. The molecule has 1 aromatic heterocycles. The number of para-hydroxylation sites is 1. The highest BCUT2D eigenvalue weighted by Gasteiger charge is 2.23. The summed E-state index contributed by atoms with van der Waals surface area (Å²) < 4.78 is 5.41. The monoisotopic (exact) mass is 256 g/mol. The number of hydrogen-bond acceptors (Lipinski definition) is 3. The molecule has 3 heteroatoms. The zero-order valence-electron chi connectivity index (χ0n) is 11.3. The van der Waals surface area contributed by atoms with Gasteiger partial charge in [-0.15, -0.1) is 0 Å². The van der Waals surface area contributed by atoms with Crippen molar-refractivity contribution in [3.63, 3.8) is 0 Å². The van der Waals surface area contributed by atoms with Crippen molar-refractivity contribution in [1.29, 1.82) is 0 Å². The molecule has 0 aliphatic heterocycles. The molecule has 1 saturated carbocycles. The minimum absolute atomic E-state index is 0.433. The molecule has 1 fully saturated rings. The lowest BCUT2D eigenvalue weighted by molar-refractivity contribution is 0.107. The van der Waals surface area contributed by atoms with Gasteiger partial charge in [0.05, 0.1) is 11.6 Å². The number of pyridine rings is 1. The number of ether oxygens (including phenoxy) is 1. The lowest BCUT2D eigenvalue weighted by atomic mass is 10.1. The van der Waals surface area contributed by atoms with Crippen LogP contribution in [0.5, 0.6) is 0 Å². The Morgan fingerprint density at radius 1 is 1.26 bits per heavy atom. The summed E-state index contributed by atoms with van der Waals surface area (Å²) in [6, 6.07) is 11.0. The normalized spacial score (nSPS) is 23.0. The van der Waals surface area contributed by atoms with E-state index >= 15 is 0 Å². The Morgan fingerprint density at radius 3 is 3.00 bits per heavy atom. The minimum Gasteiger partial charge on any atom is -0.381 e. The van der Waals surface area contributed by atoms with Gasteiger partial charge in [0, 0.05) is 31.3 Å². The molecule has 1 heterocycles. The molecule has 0 spiro atoms. The second-order valence-corrected chi connectivity index (χ2v) is 5.24. The zero-order chi connectivity index (χ0) is 13.1. The molecule has 1 aliphatic rings. The predicted molar refractivity (Wildman–Crippen MR) is 77.0 cm³/mol. The van der Waals surface area contributed by atoms with E-state index in [-0.39, 0.29) is 0 Å². The van der Waals surface area contributed by atoms with Crippen molar-refractivity contribution in [3.05, 3.63) is 42.1 Å². The van der Waals surface area contributed by atoms with Crippen LogP contribution >= 0.6 is 0 Å². The van der Waals surface area contributed by atoms with E-state index in [1.165, 1.54) is 23.8 Å². The maximum atomic E-state index is 5.41. The van der Waals surface area contributed by atoms with E-state index in [0.717, 1.165) is 18.5 Å². The Balaban J connectivity index is 1.69. The van der Waals surface area contributed by atoms with Crippen LogP contribution in [0.1, 0.15) is 24.8 Å². The summed E-state index contributed by atoms with van der Waals surface area (Å²) in [5.41, 5.74) is 2.39. The van der Waals surface area contributed by atoms with Crippen LogP contribution in [0.25, 0.3) is 10.9 Å². The molecule has 2 atom stereocenters. The second-order valence-electron chi connectivity index (χ2n) is 5.24. The van der Waals surface area contributed by atoms with Crippen LogP contribution in [-0.2, 0) is 11.3 Å². The molecule has 0 amide bonds. The fraction of sp³-hybridized carbons (Fsp3) is 0.438. The summed E-state index contributed by atoms with van der Waals surface area (Å²) in [5, 5.41) is 4.85. The Labute approximate surface area is 114 Å². The first-order chi connectivity index (χ1) is 9.36. The molecule has 100 valence electrons. The number of hydrogen-bond donors (Lipinski definition) is 1. The Kier molecular flexibility index (Phi) is 3.76. The van der Waals surface area contributed by atoms with Gasteiger partial charge in [0.1, 0.15) is 0 Å². The molecule has 1 aromatic carbocycles. The van der Waals surface area contributed by atoms with Crippen LogP contribution in [0.2, 0.25) is 0 Å². The molecule has 0 saturated heterocycles. The fourth-order valence-corrected chi connectivity index (χ4v) is 2.90. The van der Waals surface area contributed by atoms with Gasteiger partial charge >= 0.3 is 0 Å². The van der Waals surface area contributed by atoms with Gasteiger partial charge in [-0.25, -0.2) is 0 Å². The van der Waals surface area contributed by atoms with E-state index in [9.17, 15) is 0 Å². The maximum Gasteiger partial charge on any atom is 0.0746 e.